The lowest BCUT2D eigenvalue weighted by atomic mass is 9.68. The van der Waals surface area contributed by atoms with E-state index >= 15 is 0 Å². The Hall–Kier alpha value is -0.590. The summed E-state index contributed by atoms with van der Waals surface area (Å²) in [5, 5.41) is 0. The quantitative estimate of drug-likeness (QED) is 0.547. The van der Waals surface area contributed by atoms with Crippen molar-refractivity contribution in [1.82, 2.24) is 0 Å². The lowest BCUT2D eigenvalue weighted by molar-refractivity contribution is -0.124. The van der Waals surface area contributed by atoms with Crippen molar-refractivity contribution in [3.05, 3.63) is 11.6 Å². The van der Waals surface area contributed by atoms with Gasteiger partial charge in [-0.3, -0.25) is 4.79 Å². The topological polar surface area (TPSA) is 17.1 Å². The summed E-state index contributed by atoms with van der Waals surface area (Å²) in [7, 11) is 0. The van der Waals surface area contributed by atoms with Crippen molar-refractivity contribution in [2.24, 2.45) is 11.3 Å². The number of ketones is 1. The Bertz CT molecular complexity index is 223. The first-order valence-corrected chi connectivity index (χ1v) is 4.59. The van der Waals surface area contributed by atoms with E-state index < -0.39 is 0 Å². The molecule has 1 heteroatoms. The van der Waals surface area contributed by atoms with Gasteiger partial charge in [-0.15, -0.1) is 0 Å². The second-order valence-corrected chi connectivity index (χ2v) is 4.61. The van der Waals surface area contributed by atoms with Crippen LogP contribution in [0.3, 0.4) is 0 Å². The molecule has 0 N–H and O–H groups in total. The van der Waals surface area contributed by atoms with Gasteiger partial charge in [0.05, 0.1) is 0 Å². The Morgan fingerprint density at radius 3 is 2.58 bits per heavy atom. The van der Waals surface area contributed by atoms with Crippen LogP contribution in [0.2, 0.25) is 0 Å². The van der Waals surface area contributed by atoms with Gasteiger partial charge in [0.15, 0.2) is 0 Å². The van der Waals surface area contributed by atoms with E-state index in [-0.39, 0.29) is 11.3 Å². The smallest absolute Gasteiger partial charge is 0.133 e. The molecule has 0 aliphatic heterocycles. The zero-order chi connectivity index (χ0) is 9.35. The Kier molecular flexibility index (Phi) is 2.41. The third-order valence-corrected chi connectivity index (χ3v) is 2.94. The van der Waals surface area contributed by atoms with Crippen LogP contribution in [0.1, 0.15) is 40.5 Å². The van der Waals surface area contributed by atoms with Crippen LogP contribution in [0.5, 0.6) is 0 Å². The first-order chi connectivity index (χ1) is 5.43. The van der Waals surface area contributed by atoms with Crippen LogP contribution in [0.15, 0.2) is 11.6 Å². The van der Waals surface area contributed by atoms with Crippen molar-refractivity contribution in [2.45, 2.75) is 40.5 Å². The molecule has 0 aromatic rings. The molecule has 0 radical (unpaired) electrons. The van der Waals surface area contributed by atoms with Crippen LogP contribution in [0.25, 0.3) is 0 Å². The van der Waals surface area contributed by atoms with Crippen molar-refractivity contribution in [3.8, 4) is 0 Å². The third kappa shape index (κ3) is 1.77. The molecule has 1 aliphatic carbocycles. The maximum absolute atomic E-state index is 11.3. The minimum atomic E-state index is 0.172. The van der Waals surface area contributed by atoms with Crippen molar-refractivity contribution in [1.29, 1.82) is 0 Å². The summed E-state index contributed by atoms with van der Waals surface area (Å²) in [6.45, 7) is 8.19. The van der Waals surface area contributed by atoms with Crippen LogP contribution in [0.4, 0.5) is 0 Å². The predicted octanol–water partition coefficient (Wildman–Crippen LogP) is 2.96. The fourth-order valence-corrected chi connectivity index (χ4v) is 1.96. The minimum Gasteiger partial charge on any atom is -0.300 e. The molecule has 12 heavy (non-hydrogen) atoms. The van der Waals surface area contributed by atoms with Crippen molar-refractivity contribution in [2.75, 3.05) is 0 Å². The Morgan fingerprint density at radius 2 is 2.17 bits per heavy atom. The van der Waals surface area contributed by atoms with Gasteiger partial charge in [-0.25, -0.2) is 0 Å². The van der Waals surface area contributed by atoms with Crippen molar-refractivity contribution < 1.29 is 4.79 Å². The lowest BCUT2D eigenvalue weighted by Crippen LogP contribution is -2.31. The second-order valence-electron chi connectivity index (χ2n) is 4.61. The highest BCUT2D eigenvalue weighted by atomic mass is 16.1. The predicted molar refractivity (Wildman–Crippen MR) is 50.9 cm³/mol. The van der Waals surface area contributed by atoms with Crippen LogP contribution in [-0.2, 0) is 4.79 Å². The van der Waals surface area contributed by atoms with Crippen LogP contribution in [-0.4, -0.2) is 5.78 Å². The summed E-state index contributed by atoms with van der Waals surface area (Å²) in [6, 6.07) is 0. The minimum absolute atomic E-state index is 0.172. The van der Waals surface area contributed by atoms with Gasteiger partial charge in [-0.05, 0) is 32.1 Å². The fourth-order valence-electron chi connectivity index (χ4n) is 1.96. The van der Waals surface area contributed by atoms with E-state index in [1.165, 1.54) is 5.57 Å². The summed E-state index contributed by atoms with van der Waals surface area (Å²) < 4.78 is 0. The normalized spacial score (nSPS) is 28.0. The molecule has 0 aromatic heterocycles. The van der Waals surface area contributed by atoms with Gasteiger partial charge in [-0.1, -0.05) is 25.5 Å². The number of carbonyl (C=O) groups excluding carboxylic acids is 1. The molecule has 1 atom stereocenters. The molecule has 0 saturated heterocycles. The van der Waals surface area contributed by atoms with Gasteiger partial charge in [0.25, 0.3) is 0 Å². The molecule has 68 valence electrons. The fraction of sp³-hybridized carbons (Fsp3) is 0.727. The summed E-state index contributed by atoms with van der Waals surface area (Å²) in [5.41, 5.74) is 1.54. The maximum atomic E-state index is 11.3. The monoisotopic (exact) mass is 166 g/mol. The molecule has 0 saturated carbocycles. The first-order valence-electron chi connectivity index (χ1n) is 4.59. The Labute approximate surface area is 74.9 Å². The van der Waals surface area contributed by atoms with Crippen LogP contribution in [0, 0.1) is 11.3 Å². The number of carbonyl (C=O) groups is 1. The van der Waals surface area contributed by atoms with Gasteiger partial charge in [-0.2, -0.15) is 0 Å². The van der Waals surface area contributed by atoms with Gasteiger partial charge in [0, 0.05) is 5.92 Å². The molecule has 1 nitrogen and oxygen atoms in total. The van der Waals surface area contributed by atoms with E-state index in [4.69, 9.17) is 0 Å². The SMILES string of the molecule is CC(=O)C1CC(C)=CCC1(C)C. The standard InChI is InChI=1S/C11H18O/c1-8-5-6-11(3,4)10(7-8)9(2)12/h5,10H,6-7H2,1-4H3. The number of rotatable bonds is 1. The summed E-state index contributed by atoms with van der Waals surface area (Å²) in [6.07, 6.45) is 4.27. The Morgan fingerprint density at radius 1 is 1.58 bits per heavy atom. The summed E-state index contributed by atoms with van der Waals surface area (Å²) in [5.74, 6) is 0.579. The zero-order valence-electron chi connectivity index (χ0n) is 8.48. The number of allylic oxidation sites excluding steroid dienone is 2. The molecule has 1 aliphatic rings. The average molecular weight is 166 g/mol. The molecular weight excluding hydrogens is 148 g/mol. The van der Waals surface area contributed by atoms with Gasteiger partial charge >= 0.3 is 0 Å². The highest BCUT2D eigenvalue weighted by molar-refractivity contribution is 5.79. The number of hydrogen-bond donors (Lipinski definition) is 0. The first kappa shape index (κ1) is 9.50. The third-order valence-electron chi connectivity index (χ3n) is 2.94. The summed E-state index contributed by atoms with van der Waals surface area (Å²) >= 11 is 0. The lowest BCUT2D eigenvalue weighted by Gasteiger charge is -2.35. The molecule has 0 heterocycles. The number of Topliss-reactive ketones (excluding diaryl/α,β-unsaturated/α-hetero) is 1. The van der Waals surface area contributed by atoms with E-state index in [0.29, 0.717) is 5.78 Å². The van der Waals surface area contributed by atoms with E-state index in [2.05, 4.69) is 26.8 Å². The molecule has 0 fully saturated rings. The molecule has 0 bridgehead atoms. The largest absolute Gasteiger partial charge is 0.300 e. The van der Waals surface area contributed by atoms with Crippen LogP contribution < -0.4 is 0 Å². The van der Waals surface area contributed by atoms with Crippen molar-refractivity contribution >= 4 is 5.78 Å². The van der Waals surface area contributed by atoms with E-state index in [1.54, 1.807) is 6.92 Å². The molecule has 0 amide bonds. The van der Waals surface area contributed by atoms with Gasteiger partial charge < -0.3 is 0 Å². The number of hydrogen-bond acceptors (Lipinski definition) is 1. The summed E-state index contributed by atoms with van der Waals surface area (Å²) in [4.78, 5) is 11.3. The van der Waals surface area contributed by atoms with Gasteiger partial charge in [0.1, 0.15) is 5.78 Å². The highest BCUT2D eigenvalue weighted by Crippen LogP contribution is 2.40. The molecular formula is C11H18O. The Balaban J connectivity index is 2.85. The van der Waals surface area contributed by atoms with Crippen molar-refractivity contribution in [3.63, 3.8) is 0 Å². The molecule has 0 spiro atoms. The molecule has 0 aromatic carbocycles. The van der Waals surface area contributed by atoms with Gasteiger partial charge in [0.2, 0.25) is 0 Å². The highest BCUT2D eigenvalue weighted by Gasteiger charge is 2.34. The van der Waals surface area contributed by atoms with Crippen LogP contribution >= 0.6 is 0 Å². The van der Waals surface area contributed by atoms with E-state index in [1.807, 2.05) is 0 Å². The van der Waals surface area contributed by atoms with E-state index in [0.717, 1.165) is 12.8 Å². The maximum Gasteiger partial charge on any atom is 0.133 e. The second kappa shape index (κ2) is 3.04. The molecule has 1 unspecified atom stereocenters. The van der Waals surface area contributed by atoms with E-state index in [9.17, 15) is 4.79 Å². The average Bonchev–Trinajstić information content (AvgIpc) is 1.94. The zero-order valence-corrected chi connectivity index (χ0v) is 8.48. The molecule has 1 rings (SSSR count).